The van der Waals surface area contributed by atoms with E-state index in [0.29, 0.717) is 43.9 Å². The molecule has 2 aromatic rings. The third-order valence-electron chi connectivity index (χ3n) is 5.43. The molecule has 1 N–H and O–H groups in total. The number of benzene rings is 1. The van der Waals surface area contributed by atoms with Crippen LogP contribution in [0.1, 0.15) is 41.4 Å². The number of hydrogen-bond donors (Lipinski definition) is 1. The summed E-state index contributed by atoms with van der Waals surface area (Å²) in [7, 11) is -1.97. The van der Waals surface area contributed by atoms with Crippen molar-refractivity contribution in [1.29, 1.82) is 0 Å². The molecule has 28 heavy (non-hydrogen) atoms. The number of carbonyl (C=O) groups excluding carboxylic acids is 1. The molecule has 3 heterocycles. The molecule has 8 nitrogen and oxygen atoms in total. The highest BCUT2D eigenvalue weighted by Gasteiger charge is 2.31. The molecule has 0 saturated carbocycles. The van der Waals surface area contributed by atoms with Crippen LogP contribution in [-0.2, 0) is 16.6 Å². The van der Waals surface area contributed by atoms with E-state index in [9.17, 15) is 13.2 Å². The van der Waals surface area contributed by atoms with E-state index in [2.05, 4.69) is 10.4 Å². The Morgan fingerprint density at radius 3 is 2.54 bits per heavy atom. The van der Waals surface area contributed by atoms with Crippen molar-refractivity contribution in [2.24, 2.45) is 0 Å². The van der Waals surface area contributed by atoms with Crippen LogP contribution in [0.4, 0.5) is 0 Å². The maximum Gasteiger partial charge on any atom is 0.269 e. The number of nitrogens with one attached hydrogen (secondary N) is 1. The second-order valence-electron chi connectivity index (χ2n) is 7.14. The van der Waals surface area contributed by atoms with Crippen LogP contribution in [0, 0.1) is 0 Å². The van der Waals surface area contributed by atoms with Gasteiger partial charge in [0.25, 0.3) is 5.91 Å². The monoisotopic (exact) mass is 404 g/mol. The minimum absolute atomic E-state index is 0.0873. The second kappa shape index (κ2) is 7.56. The van der Waals surface area contributed by atoms with Crippen molar-refractivity contribution in [3.8, 4) is 5.75 Å². The minimum Gasteiger partial charge on any atom is -0.497 e. The molecule has 1 aromatic carbocycles. The molecule has 0 radical (unpaired) electrons. The zero-order chi connectivity index (χ0) is 19.7. The van der Waals surface area contributed by atoms with E-state index >= 15 is 0 Å². The molecule has 1 aromatic heterocycles. The van der Waals surface area contributed by atoms with E-state index in [1.54, 1.807) is 36.1 Å². The highest BCUT2D eigenvalue weighted by molar-refractivity contribution is 7.89. The van der Waals surface area contributed by atoms with E-state index < -0.39 is 10.0 Å². The molecule has 0 spiro atoms. The largest absolute Gasteiger partial charge is 0.497 e. The Morgan fingerprint density at radius 1 is 1.14 bits per heavy atom. The number of aromatic nitrogens is 2. The predicted octanol–water partition coefficient (Wildman–Crippen LogP) is 1.59. The first kappa shape index (κ1) is 18.9. The van der Waals surface area contributed by atoms with Gasteiger partial charge in [0.2, 0.25) is 10.0 Å². The maximum absolute atomic E-state index is 12.9. The molecular formula is C19H24N4O4S. The van der Waals surface area contributed by atoms with Crippen LogP contribution in [0.3, 0.4) is 0 Å². The van der Waals surface area contributed by atoms with Crippen molar-refractivity contribution in [2.75, 3.05) is 26.7 Å². The molecular weight excluding hydrogens is 380 g/mol. The van der Waals surface area contributed by atoms with Crippen LogP contribution in [0.5, 0.6) is 5.75 Å². The molecule has 1 saturated heterocycles. The third-order valence-corrected chi connectivity index (χ3v) is 7.35. The van der Waals surface area contributed by atoms with Crippen LogP contribution in [0.15, 0.2) is 35.2 Å². The van der Waals surface area contributed by atoms with E-state index in [1.165, 1.54) is 4.31 Å². The van der Waals surface area contributed by atoms with Crippen molar-refractivity contribution >= 4 is 15.9 Å². The number of methoxy groups -OCH3 is 1. The molecule has 2 aliphatic rings. The molecule has 0 unspecified atom stereocenters. The van der Waals surface area contributed by atoms with Crippen LogP contribution >= 0.6 is 0 Å². The summed E-state index contributed by atoms with van der Waals surface area (Å²) in [5.41, 5.74) is 1.48. The Hall–Kier alpha value is -2.39. The number of fused-ring (bicyclic) bond motifs is 1. The lowest BCUT2D eigenvalue weighted by atomic mass is 9.94. The van der Waals surface area contributed by atoms with Gasteiger partial charge in [-0.05, 0) is 49.6 Å². The number of aryl methyl sites for hydroxylation is 1. The van der Waals surface area contributed by atoms with E-state index in [1.807, 2.05) is 6.07 Å². The van der Waals surface area contributed by atoms with Gasteiger partial charge >= 0.3 is 0 Å². The third kappa shape index (κ3) is 3.51. The standard InChI is InChI=1S/C19H24N4O4S/c1-27-15-3-5-16(6-4-15)28(25,26)22-11-7-14(8-12-22)17-13-18-19(24)20-9-2-10-23(18)21-17/h3-6,13-14H,2,7-12H2,1H3,(H,20,24). The van der Waals surface area contributed by atoms with Gasteiger partial charge in [0.15, 0.2) is 0 Å². The first-order chi connectivity index (χ1) is 13.5. The van der Waals surface area contributed by atoms with Gasteiger partial charge in [0, 0.05) is 32.1 Å². The highest BCUT2D eigenvalue weighted by atomic mass is 32.2. The summed E-state index contributed by atoms with van der Waals surface area (Å²) < 4.78 is 34.2. The molecule has 1 amide bonds. The summed E-state index contributed by atoms with van der Waals surface area (Å²) in [6.07, 6.45) is 2.24. The number of rotatable bonds is 4. The topological polar surface area (TPSA) is 93.5 Å². The number of ether oxygens (including phenoxy) is 1. The fourth-order valence-corrected chi connectivity index (χ4v) is 5.27. The smallest absolute Gasteiger partial charge is 0.269 e. The van der Waals surface area contributed by atoms with Gasteiger partial charge < -0.3 is 10.1 Å². The van der Waals surface area contributed by atoms with Gasteiger partial charge in [-0.15, -0.1) is 0 Å². The Bertz CT molecular complexity index is 960. The molecule has 1 fully saturated rings. The lowest BCUT2D eigenvalue weighted by molar-refractivity contribution is 0.0950. The molecule has 0 bridgehead atoms. The maximum atomic E-state index is 12.9. The summed E-state index contributed by atoms with van der Waals surface area (Å²) in [4.78, 5) is 12.4. The van der Waals surface area contributed by atoms with Crippen molar-refractivity contribution in [3.63, 3.8) is 0 Å². The Kier molecular flexibility index (Phi) is 5.11. The van der Waals surface area contributed by atoms with Crippen LogP contribution in [0.25, 0.3) is 0 Å². The average Bonchev–Trinajstić information content (AvgIpc) is 3.08. The van der Waals surface area contributed by atoms with Gasteiger partial charge in [-0.2, -0.15) is 9.40 Å². The summed E-state index contributed by atoms with van der Waals surface area (Å²) in [6.45, 7) is 2.26. The average molecular weight is 404 g/mol. The zero-order valence-electron chi connectivity index (χ0n) is 15.8. The Morgan fingerprint density at radius 2 is 1.86 bits per heavy atom. The summed E-state index contributed by atoms with van der Waals surface area (Å²) in [6, 6.07) is 8.32. The van der Waals surface area contributed by atoms with Gasteiger partial charge in [-0.3, -0.25) is 9.48 Å². The lowest BCUT2D eigenvalue weighted by Gasteiger charge is -2.30. The molecule has 2 aliphatic heterocycles. The minimum atomic E-state index is -3.52. The predicted molar refractivity (Wildman–Crippen MR) is 103 cm³/mol. The number of nitrogens with zero attached hydrogens (tertiary/aromatic N) is 3. The molecule has 150 valence electrons. The van der Waals surface area contributed by atoms with E-state index in [-0.39, 0.29) is 16.7 Å². The first-order valence-electron chi connectivity index (χ1n) is 9.49. The highest BCUT2D eigenvalue weighted by Crippen LogP contribution is 2.31. The quantitative estimate of drug-likeness (QED) is 0.835. The first-order valence-corrected chi connectivity index (χ1v) is 10.9. The summed E-state index contributed by atoms with van der Waals surface area (Å²) in [5.74, 6) is 0.701. The van der Waals surface area contributed by atoms with Gasteiger partial charge in [-0.1, -0.05) is 0 Å². The van der Waals surface area contributed by atoms with Crippen LogP contribution in [0.2, 0.25) is 0 Å². The SMILES string of the molecule is COc1ccc(S(=O)(=O)N2CCC(c3cc4n(n3)CCCNC4=O)CC2)cc1. The zero-order valence-corrected chi connectivity index (χ0v) is 16.6. The number of hydrogen-bond acceptors (Lipinski definition) is 5. The molecule has 9 heteroatoms. The Balaban J connectivity index is 1.46. The number of piperidine rings is 1. The van der Waals surface area contributed by atoms with Crippen LogP contribution < -0.4 is 10.1 Å². The normalized spacial score (nSPS) is 19.0. The summed E-state index contributed by atoms with van der Waals surface area (Å²) in [5, 5.41) is 7.50. The summed E-state index contributed by atoms with van der Waals surface area (Å²) >= 11 is 0. The molecule has 4 rings (SSSR count). The number of amides is 1. The van der Waals surface area contributed by atoms with Crippen molar-refractivity contribution < 1.29 is 17.9 Å². The Labute approximate surface area is 164 Å². The van der Waals surface area contributed by atoms with E-state index in [0.717, 1.165) is 18.7 Å². The number of sulfonamides is 1. The van der Waals surface area contributed by atoms with Crippen molar-refractivity contribution in [2.45, 2.75) is 36.6 Å². The lowest BCUT2D eigenvalue weighted by Crippen LogP contribution is -2.38. The van der Waals surface area contributed by atoms with Crippen molar-refractivity contribution in [3.05, 3.63) is 41.7 Å². The fourth-order valence-electron chi connectivity index (χ4n) is 3.80. The van der Waals surface area contributed by atoms with E-state index in [4.69, 9.17) is 4.74 Å². The number of carbonyl (C=O) groups is 1. The van der Waals surface area contributed by atoms with Crippen molar-refractivity contribution in [1.82, 2.24) is 19.4 Å². The van der Waals surface area contributed by atoms with Gasteiger partial charge in [0.05, 0.1) is 17.7 Å². The second-order valence-corrected chi connectivity index (χ2v) is 9.08. The van der Waals surface area contributed by atoms with Gasteiger partial charge in [0.1, 0.15) is 11.4 Å². The van der Waals surface area contributed by atoms with Crippen LogP contribution in [-0.4, -0.2) is 55.2 Å². The molecule has 0 atom stereocenters. The molecule has 0 aliphatic carbocycles. The fraction of sp³-hybridized carbons (Fsp3) is 0.474. The van der Waals surface area contributed by atoms with Gasteiger partial charge in [-0.25, -0.2) is 8.42 Å².